The molecule has 0 N–H and O–H groups in total. The minimum atomic E-state index is 0.334. The molecule has 1 heterocycles. The van der Waals surface area contributed by atoms with Crippen molar-refractivity contribution in [3.05, 3.63) is 24.3 Å². The Bertz CT molecular complexity index is 267. The molecule has 1 fully saturated rings. The summed E-state index contributed by atoms with van der Waals surface area (Å²) in [4.78, 5) is 1.26. The zero-order valence-corrected chi connectivity index (χ0v) is 8.34. The lowest BCUT2D eigenvalue weighted by Gasteiger charge is -2.03. The van der Waals surface area contributed by atoms with Crippen LogP contribution in [0.25, 0.3) is 0 Å². The molecule has 0 amide bonds. The lowest BCUT2D eigenvalue weighted by molar-refractivity contribution is 0.263. The van der Waals surface area contributed by atoms with E-state index >= 15 is 0 Å². The molecule has 1 aromatic carbocycles. The predicted molar refractivity (Wildman–Crippen MR) is 53.5 cm³/mol. The van der Waals surface area contributed by atoms with Crippen LogP contribution in [0, 0.1) is 0 Å². The van der Waals surface area contributed by atoms with Gasteiger partial charge in [0.25, 0.3) is 0 Å². The van der Waals surface area contributed by atoms with E-state index in [2.05, 4.69) is 18.4 Å². The van der Waals surface area contributed by atoms with Crippen molar-refractivity contribution in [2.45, 2.75) is 11.0 Å². The topological polar surface area (TPSA) is 21.8 Å². The molecule has 1 aliphatic heterocycles. The molecular formula is C10H12O2S. The molecule has 1 unspecified atom stereocenters. The van der Waals surface area contributed by atoms with Crippen molar-refractivity contribution in [1.29, 1.82) is 0 Å². The summed E-state index contributed by atoms with van der Waals surface area (Å²) in [5.74, 6) is 0.924. The Labute approximate surface area is 82.2 Å². The van der Waals surface area contributed by atoms with Crippen LogP contribution in [0.15, 0.2) is 29.2 Å². The molecule has 70 valence electrons. The molecule has 0 spiro atoms. The third-order valence-electron chi connectivity index (χ3n) is 1.90. The first kappa shape index (κ1) is 8.91. The van der Waals surface area contributed by atoms with Crippen molar-refractivity contribution in [2.24, 2.45) is 0 Å². The quantitative estimate of drug-likeness (QED) is 0.544. The summed E-state index contributed by atoms with van der Waals surface area (Å²) in [7, 11) is 0. The van der Waals surface area contributed by atoms with Crippen molar-refractivity contribution < 1.29 is 9.47 Å². The predicted octanol–water partition coefficient (Wildman–Crippen LogP) is 2.19. The van der Waals surface area contributed by atoms with E-state index in [0.717, 1.165) is 12.4 Å². The molecule has 0 bridgehead atoms. The van der Waals surface area contributed by atoms with E-state index in [9.17, 15) is 0 Å². The number of ether oxygens (including phenoxy) is 2. The molecular weight excluding hydrogens is 184 g/mol. The Morgan fingerprint density at radius 2 is 2.15 bits per heavy atom. The molecule has 0 aliphatic carbocycles. The number of epoxide rings is 1. The highest BCUT2D eigenvalue weighted by Crippen LogP contribution is 2.20. The van der Waals surface area contributed by atoms with Crippen LogP contribution in [-0.4, -0.2) is 25.6 Å². The zero-order valence-electron chi connectivity index (χ0n) is 7.53. The van der Waals surface area contributed by atoms with Gasteiger partial charge < -0.3 is 9.47 Å². The Balaban J connectivity index is 1.88. The first-order valence-electron chi connectivity index (χ1n) is 4.27. The van der Waals surface area contributed by atoms with Crippen LogP contribution in [0.1, 0.15) is 0 Å². The van der Waals surface area contributed by atoms with Crippen LogP contribution >= 0.6 is 11.8 Å². The van der Waals surface area contributed by atoms with Gasteiger partial charge in [-0.15, -0.1) is 11.8 Å². The van der Waals surface area contributed by atoms with Gasteiger partial charge in [0.05, 0.1) is 6.61 Å². The molecule has 2 nitrogen and oxygen atoms in total. The van der Waals surface area contributed by atoms with E-state index < -0.39 is 0 Å². The van der Waals surface area contributed by atoms with Gasteiger partial charge in [0.15, 0.2) is 0 Å². The van der Waals surface area contributed by atoms with Crippen LogP contribution in [0.4, 0.5) is 0 Å². The van der Waals surface area contributed by atoms with E-state index in [4.69, 9.17) is 9.47 Å². The van der Waals surface area contributed by atoms with Gasteiger partial charge in [-0.2, -0.15) is 0 Å². The number of thioether (sulfide) groups is 1. The fourth-order valence-corrected chi connectivity index (χ4v) is 1.43. The summed E-state index contributed by atoms with van der Waals surface area (Å²) in [6.07, 6.45) is 2.40. The van der Waals surface area contributed by atoms with Gasteiger partial charge in [0.2, 0.25) is 0 Å². The number of hydrogen-bond acceptors (Lipinski definition) is 3. The van der Waals surface area contributed by atoms with Gasteiger partial charge in [-0.1, -0.05) is 0 Å². The first-order chi connectivity index (χ1) is 6.38. The molecule has 1 aliphatic rings. The lowest BCUT2D eigenvalue weighted by Crippen LogP contribution is -2.03. The molecule has 2 rings (SSSR count). The van der Waals surface area contributed by atoms with Crippen molar-refractivity contribution in [3.8, 4) is 5.75 Å². The van der Waals surface area contributed by atoms with Gasteiger partial charge in [0, 0.05) is 4.90 Å². The highest BCUT2D eigenvalue weighted by Gasteiger charge is 2.22. The first-order valence-corrected chi connectivity index (χ1v) is 5.49. The molecule has 1 saturated heterocycles. The molecule has 1 aromatic rings. The molecule has 13 heavy (non-hydrogen) atoms. The molecule has 0 saturated carbocycles. The average molecular weight is 196 g/mol. The van der Waals surface area contributed by atoms with Crippen LogP contribution in [-0.2, 0) is 4.74 Å². The third-order valence-corrected chi connectivity index (χ3v) is 2.64. The van der Waals surface area contributed by atoms with E-state index in [1.165, 1.54) is 4.90 Å². The third kappa shape index (κ3) is 2.64. The van der Waals surface area contributed by atoms with Crippen molar-refractivity contribution in [3.63, 3.8) is 0 Å². The van der Waals surface area contributed by atoms with Gasteiger partial charge >= 0.3 is 0 Å². The number of hydrogen-bond donors (Lipinski definition) is 0. The van der Waals surface area contributed by atoms with Crippen molar-refractivity contribution in [1.82, 2.24) is 0 Å². The Kier molecular flexibility index (Phi) is 2.76. The molecule has 1 atom stereocenters. The normalized spacial score (nSPS) is 19.9. The summed E-state index contributed by atoms with van der Waals surface area (Å²) < 4.78 is 10.5. The molecule has 3 heteroatoms. The second-order valence-electron chi connectivity index (χ2n) is 2.94. The minimum absolute atomic E-state index is 0.334. The number of rotatable bonds is 4. The van der Waals surface area contributed by atoms with E-state index in [1.54, 1.807) is 11.8 Å². The summed E-state index contributed by atoms with van der Waals surface area (Å²) in [6, 6.07) is 8.12. The van der Waals surface area contributed by atoms with Crippen LogP contribution in [0.5, 0.6) is 5.75 Å². The standard InChI is InChI=1S/C10H12O2S/c1-13-10-4-2-8(3-5-10)11-6-9-7-12-9/h2-5,9H,6-7H2,1H3. The minimum Gasteiger partial charge on any atom is -0.491 e. The molecule has 0 aromatic heterocycles. The summed E-state index contributed by atoms with van der Waals surface area (Å²) >= 11 is 1.73. The SMILES string of the molecule is CSc1ccc(OCC2CO2)cc1. The zero-order chi connectivity index (χ0) is 9.10. The second kappa shape index (κ2) is 4.03. The largest absolute Gasteiger partial charge is 0.491 e. The van der Waals surface area contributed by atoms with Gasteiger partial charge in [-0.3, -0.25) is 0 Å². The highest BCUT2D eigenvalue weighted by molar-refractivity contribution is 7.98. The van der Waals surface area contributed by atoms with Crippen LogP contribution in [0.2, 0.25) is 0 Å². The van der Waals surface area contributed by atoms with E-state index in [-0.39, 0.29) is 0 Å². The summed E-state index contributed by atoms with van der Waals surface area (Å²) in [5, 5.41) is 0. The van der Waals surface area contributed by atoms with E-state index in [1.807, 2.05) is 12.1 Å². The van der Waals surface area contributed by atoms with Gasteiger partial charge in [-0.05, 0) is 30.5 Å². The Morgan fingerprint density at radius 3 is 2.69 bits per heavy atom. The van der Waals surface area contributed by atoms with Crippen LogP contribution < -0.4 is 4.74 Å². The van der Waals surface area contributed by atoms with E-state index in [0.29, 0.717) is 12.7 Å². The smallest absolute Gasteiger partial charge is 0.119 e. The van der Waals surface area contributed by atoms with Crippen molar-refractivity contribution >= 4 is 11.8 Å². The fraction of sp³-hybridized carbons (Fsp3) is 0.400. The van der Waals surface area contributed by atoms with Gasteiger partial charge in [0.1, 0.15) is 18.5 Å². The van der Waals surface area contributed by atoms with Crippen LogP contribution in [0.3, 0.4) is 0 Å². The highest BCUT2D eigenvalue weighted by atomic mass is 32.2. The van der Waals surface area contributed by atoms with Gasteiger partial charge in [-0.25, -0.2) is 0 Å². The monoisotopic (exact) mass is 196 g/mol. The second-order valence-corrected chi connectivity index (χ2v) is 3.82. The summed E-state index contributed by atoms with van der Waals surface area (Å²) in [5.41, 5.74) is 0. The Morgan fingerprint density at radius 1 is 1.46 bits per heavy atom. The Hall–Kier alpha value is -0.670. The summed E-state index contributed by atoms with van der Waals surface area (Å²) in [6.45, 7) is 1.53. The maximum Gasteiger partial charge on any atom is 0.119 e. The average Bonchev–Trinajstić information content (AvgIpc) is 2.99. The maximum absolute atomic E-state index is 5.50. The maximum atomic E-state index is 5.50. The lowest BCUT2D eigenvalue weighted by atomic mass is 10.3. The van der Waals surface area contributed by atoms with Crippen molar-refractivity contribution in [2.75, 3.05) is 19.5 Å². The number of benzene rings is 1. The molecule has 0 radical (unpaired) electrons. The fourth-order valence-electron chi connectivity index (χ4n) is 1.03.